The van der Waals surface area contributed by atoms with Crippen LogP contribution >= 0.6 is 0 Å². The molecular weight excluding hydrogens is 298 g/mol. The van der Waals surface area contributed by atoms with Crippen molar-refractivity contribution in [1.29, 1.82) is 0 Å². The second-order valence-electron chi connectivity index (χ2n) is 5.63. The Balaban J connectivity index is 1.54. The van der Waals surface area contributed by atoms with Gasteiger partial charge >= 0.3 is 0 Å². The molecule has 8 nitrogen and oxygen atoms in total. The number of hydrogen-bond donors (Lipinski definition) is 2. The summed E-state index contributed by atoms with van der Waals surface area (Å²) in [6, 6.07) is 3.30. The van der Waals surface area contributed by atoms with E-state index in [1.807, 2.05) is 6.92 Å². The van der Waals surface area contributed by atoms with Gasteiger partial charge in [-0.25, -0.2) is 9.97 Å². The molecule has 3 rings (SSSR count). The fourth-order valence-corrected chi connectivity index (χ4v) is 2.63. The molecule has 1 saturated heterocycles. The van der Waals surface area contributed by atoms with Crippen LogP contribution in [-0.4, -0.2) is 56.3 Å². The van der Waals surface area contributed by atoms with Gasteiger partial charge in [-0.1, -0.05) is 5.16 Å². The number of carbonyl (C=O) groups excluding carboxylic acids is 1. The van der Waals surface area contributed by atoms with Crippen LogP contribution in [0.15, 0.2) is 29.0 Å². The molecule has 0 bridgehead atoms. The summed E-state index contributed by atoms with van der Waals surface area (Å²) in [5.74, 6) is 0.947. The molecule has 0 unspecified atom stereocenters. The summed E-state index contributed by atoms with van der Waals surface area (Å²) >= 11 is 0. The molecule has 2 atom stereocenters. The number of β-amino-alcohol motifs (C(OH)–C–C–N with tert-alkyl or cyclic N) is 1. The molecule has 1 aliphatic rings. The number of amides is 1. The maximum Gasteiger partial charge on any atom is 0.230 e. The number of anilines is 1. The second-order valence-corrected chi connectivity index (χ2v) is 5.63. The van der Waals surface area contributed by atoms with Crippen molar-refractivity contribution in [2.75, 3.05) is 18.4 Å². The maximum atomic E-state index is 12.3. The number of nitrogens with zero attached hydrogens (tertiary/aromatic N) is 4. The Morgan fingerprint density at radius 3 is 2.91 bits per heavy atom. The van der Waals surface area contributed by atoms with Gasteiger partial charge in [0.05, 0.1) is 24.3 Å². The Labute approximate surface area is 133 Å². The molecule has 1 amide bonds. The molecule has 0 aliphatic carbocycles. The number of hydrogen-bond acceptors (Lipinski definition) is 7. The molecule has 0 saturated carbocycles. The lowest BCUT2D eigenvalue weighted by atomic mass is 10.0. The Kier molecular flexibility index (Phi) is 4.52. The molecular formula is C15H19N5O3. The number of likely N-dealkylation sites (tertiary alicyclic amines) is 1. The van der Waals surface area contributed by atoms with Crippen molar-refractivity contribution in [1.82, 2.24) is 20.0 Å². The van der Waals surface area contributed by atoms with Gasteiger partial charge in [0.25, 0.3) is 0 Å². The van der Waals surface area contributed by atoms with Crippen LogP contribution in [0.2, 0.25) is 0 Å². The van der Waals surface area contributed by atoms with E-state index >= 15 is 0 Å². The van der Waals surface area contributed by atoms with Crippen LogP contribution in [0.5, 0.6) is 0 Å². The summed E-state index contributed by atoms with van der Waals surface area (Å²) in [4.78, 5) is 22.1. The fraction of sp³-hybridized carbons (Fsp3) is 0.467. The van der Waals surface area contributed by atoms with E-state index in [2.05, 4.69) is 20.4 Å². The second kappa shape index (κ2) is 6.74. The van der Waals surface area contributed by atoms with Gasteiger partial charge in [-0.05, 0) is 19.4 Å². The number of aliphatic hydroxyl groups excluding tert-OH is 1. The van der Waals surface area contributed by atoms with Crippen molar-refractivity contribution >= 4 is 11.9 Å². The SMILES string of the molecule is Cc1cc(CC(=O)N2CC[C@@H](Nc3ncccn3)[C@H](O)C2)on1. The third kappa shape index (κ3) is 3.84. The zero-order valence-corrected chi connectivity index (χ0v) is 12.8. The van der Waals surface area contributed by atoms with Crippen molar-refractivity contribution in [3.63, 3.8) is 0 Å². The minimum Gasteiger partial charge on any atom is -0.389 e. The average molecular weight is 317 g/mol. The number of aromatic nitrogens is 3. The Morgan fingerprint density at radius 2 is 2.26 bits per heavy atom. The topological polar surface area (TPSA) is 104 Å². The lowest BCUT2D eigenvalue weighted by Crippen LogP contribution is -2.52. The quantitative estimate of drug-likeness (QED) is 0.840. The summed E-state index contributed by atoms with van der Waals surface area (Å²) in [6.45, 7) is 2.65. The number of aryl methyl sites for hydroxylation is 1. The van der Waals surface area contributed by atoms with E-state index in [-0.39, 0.29) is 24.9 Å². The first-order valence-corrected chi connectivity index (χ1v) is 7.53. The fourth-order valence-electron chi connectivity index (χ4n) is 2.63. The smallest absolute Gasteiger partial charge is 0.230 e. The molecule has 0 radical (unpaired) electrons. The zero-order chi connectivity index (χ0) is 16.2. The molecule has 0 spiro atoms. The van der Waals surface area contributed by atoms with Crippen LogP contribution in [0, 0.1) is 6.92 Å². The van der Waals surface area contributed by atoms with E-state index in [1.165, 1.54) is 0 Å². The van der Waals surface area contributed by atoms with Crippen LogP contribution in [0.1, 0.15) is 17.9 Å². The monoisotopic (exact) mass is 317 g/mol. The van der Waals surface area contributed by atoms with Gasteiger partial charge in [0, 0.05) is 31.5 Å². The van der Waals surface area contributed by atoms with Gasteiger partial charge in [0.15, 0.2) is 0 Å². The van der Waals surface area contributed by atoms with Crippen molar-refractivity contribution < 1.29 is 14.4 Å². The van der Waals surface area contributed by atoms with Gasteiger partial charge in [0.2, 0.25) is 11.9 Å². The van der Waals surface area contributed by atoms with E-state index in [0.717, 1.165) is 5.69 Å². The molecule has 0 aromatic carbocycles. The summed E-state index contributed by atoms with van der Waals surface area (Å²) in [5.41, 5.74) is 0.749. The molecule has 1 fully saturated rings. The lowest BCUT2D eigenvalue weighted by molar-refractivity contribution is -0.134. The minimum absolute atomic E-state index is 0.0744. The Bertz CT molecular complexity index is 660. The first-order chi connectivity index (χ1) is 11.1. The standard InChI is InChI=1S/C15H19N5O3/c1-10-7-11(23-19-10)8-14(22)20-6-3-12(13(21)9-20)18-15-16-4-2-5-17-15/h2,4-5,7,12-13,21H,3,6,8-9H2,1H3,(H,16,17,18)/t12-,13-/m1/s1. The molecule has 2 aromatic rings. The predicted molar refractivity (Wildman–Crippen MR) is 81.6 cm³/mol. The third-order valence-corrected chi connectivity index (χ3v) is 3.82. The first kappa shape index (κ1) is 15.4. The number of piperidine rings is 1. The van der Waals surface area contributed by atoms with Gasteiger partial charge < -0.3 is 19.8 Å². The highest BCUT2D eigenvalue weighted by atomic mass is 16.5. The van der Waals surface area contributed by atoms with Gasteiger partial charge in [0.1, 0.15) is 5.76 Å². The van der Waals surface area contributed by atoms with Gasteiger partial charge in [-0.15, -0.1) is 0 Å². The molecule has 23 heavy (non-hydrogen) atoms. The van der Waals surface area contributed by atoms with Crippen molar-refractivity contribution in [2.24, 2.45) is 0 Å². The summed E-state index contributed by atoms with van der Waals surface area (Å²) < 4.78 is 5.06. The Morgan fingerprint density at radius 1 is 1.48 bits per heavy atom. The number of nitrogens with one attached hydrogen (secondary N) is 1. The number of rotatable bonds is 4. The van der Waals surface area contributed by atoms with Gasteiger partial charge in [-0.2, -0.15) is 0 Å². The van der Waals surface area contributed by atoms with Crippen LogP contribution in [0.4, 0.5) is 5.95 Å². The largest absolute Gasteiger partial charge is 0.389 e. The molecule has 2 N–H and O–H groups in total. The van der Waals surface area contributed by atoms with Crippen molar-refractivity contribution in [3.8, 4) is 0 Å². The van der Waals surface area contributed by atoms with E-state index in [0.29, 0.717) is 24.7 Å². The molecule has 1 aliphatic heterocycles. The summed E-state index contributed by atoms with van der Waals surface area (Å²) in [6.07, 6.45) is 3.39. The highest BCUT2D eigenvalue weighted by Crippen LogP contribution is 2.16. The molecule has 8 heteroatoms. The highest BCUT2D eigenvalue weighted by Gasteiger charge is 2.30. The number of aliphatic hydroxyl groups is 1. The van der Waals surface area contributed by atoms with Crippen molar-refractivity contribution in [2.45, 2.75) is 31.9 Å². The Hall–Kier alpha value is -2.48. The lowest BCUT2D eigenvalue weighted by Gasteiger charge is -2.36. The molecule has 2 aromatic heterocycles. The summed E-state index contributed by atoms with van der Waals surface area (Å²) in [7, 11) is 0. The molecule has 122 valence electrons. The van der Waals surface area contributed by atoms with E-state index in [1.54, 1.807) is 29.4 Å². The van der Waals surface area contributed by atoms with Crippen LogP contribution in [-0.2, 0) is 11.2 Å². The van der Waals surface area contributed by atoms with Crippen molar-refractivity contribution in [3.05, 3.63) is 36.0 Å². The van der Waals surface area contributed by atoms with Crippen LogP contribution < -0.4 is 5.32 Å². The van der Waals surface area contributed by atoms with Gasteiger partial charge in [-0.3, -0.25) is 4.79 Å². The van der Waals surface area contributed by atoms with E-state index in [4.69, 9.17) is 4.52 Å². The summed E-state index contributed by atoms with van der Waals surface area (Å²) in [5, 5.41) is 17.1. The average Bonchev–Trinajstić information content (AvgIpc) is 2.95. The normalized spacial score (nSPS) is 21.2. The minimum atomic E-state index is -0.673. The van der Waals surface area contributed by atoms with Crippen LogP contribution in [0.25, 0.3) is 0 Å². The third-order valence-electron chi connectivity index (χ3n) is 3.82. The first-order valence-electron chi connectivity index (χ1n) is 7.53. The zero-order valence-electron chi connectivity index (χ0n) is 12.8. The van der Waals surface area contributed by atoms with E-state index < -0.39 is 6.10 Å². The predicted octanol–water partition coefficient (Wildman–Crippen LogP) is 0.389. The van der Waals surface area contributed by atoms with E-state index in [9.17, 15) is 9.90 Å². The highest BCUT2D eigenvalue weighted by molar-refractivity contribution is 5.78. The van der Waals surface area contributed by atoms with Crippen LogP contribution in [0.3, 0.4) is 0 Å². The molecule has 3 heterocycles. The number of carbonyl (C=O) groups is 1. The maximum absolute atomic E-state index is 12.3.